The van der Waals surface area contributed by atoms with Gasteiger partial charge in [-0.2, -0.15) is 0 Å². The van der Waals surface area contributed by atoms with Crippen LogP contribution in [0.3, 0.4) is 0 Å². The maximum absolute atomic E-state index is 13.9. The van der Waals surface area contributed by atoms with Crippen molar-refractivity contribution in [2.75, 3.05) is 51.1 Å². The van der Waals surface area contributed by atoms with Gasteiger partial charge in [0.25, 0.3) is 0 Å². The summed E-state index contributed by atoms with van der Waals surface area (Å²) in [7, 11) is 0. The summed E-state index contributed by atoms with van der Waals surface area (Å²) in [5.74, 6) is 2.03. The molecule has 156 valence electrons. The van der Waals surface area contributed by atoms with Gasteiger partial charge in [-0.1, -0.05) is 18.2 Å². The minimum atomic E-state index is -0.883. The normalized spacial score (nSPS) is 26.9. The third kappa shape index (κ3) is 2.55. The second-order valence-corrected chi connectivity index (χ2v) is 8.04. The van der Waals surface area contributed by atoms with E-state index in [1.807, 2.05) is 41.3 Å². The molecule has 0 aromatic heterocycles. The Morgan fingerprint density at radius 2 is 1.77 bits per heavy atom. The van der Waals surface area contributed by atoms with Crippen LogP contribution < -0.4 is 19.1 Å². The van der Waals surface area contributed by atoms with E-state index in [1.165, 1.54) is 0 Å². The maximum atomic E-state index is 13.9. The highest BCUT2D eigenvalue weighted by atomic mass is 16.6. The molecule has 2 atom stereocenters. The number of rotatable bonds is 2. The van der Waals surface area contributed by atoms with Gasteiger partial charge in [-0.3, -0.25) is 4.79 Å². The Hall–Kier alpha value is -2.77. The number of nitrogens with zero attached hydrogens (tertiary/aromatic N) is 1. The van der Waals surface area contributed by atoms with Gasteiger partial charge >= 0.3 is 0 Å². The summed E-state index contributed by atoms with van der Waals surface area (Å²) in [5.41, 5.74) is 1.82. The van der Waals surface area contributed by atoms with Crippen LogP contribution in [-0.2, 0) is 19.7 Å². The molecule has 1 spiro atoms. The smallest absolute Gasteiger partial charge is 0.245 e. The van der Waals surface area contributed by atoms with Crippen molar-refractivity contribution < 1.29 is 28.5 Å². The Labute approximate surface area is 174 Å². The molecule has 7 heteroatoms. The minimum Gasteiger partial charge on any atom is -0.491 e. The quantitative estimate of drug-likeness (QED) is 0.758. The summed E-state index contributed by atoms with van der Waals surface area (Å²) in [6.45, 7) is 3.56. The van der Waals surface area contributed by atoms with Crippen LogP contribution in [0.25, 0.3) is 0 Å². The highest BCUT2D eigenvalue weighted by Crippen LogP contribution is 2.54. The molecule has 4 aliphatic heterocycles. The molecule has 6 rings (SSSR count). The van der Waals surface area contributed by atoms with E-state index in [-0.39, 0.29) is 18.6 Å². The molecule has 1 fully saturated rings. The molecule has 0 saturated carbocycles. The largest absolute Gasteiger partial charge is 0.491 e. The predicted octanol–water partition coefficient (Wildman–Crippen LogP) is 2.29. The van der Waals surface area contributed by atoms with Gasteiger partial charge in [0.2, 0.25) is 5.91 Å². The summed E-state index contributed by atoms with van der Waals surface area (Å²) in [6, 6.07) is 11.7. The molecule has 1 saturated heterocycles. The van der Waals surface area contributed by atoms with Gasteiger partial charge < -0.3 is 28.6 Å². The fourth-order valence-electron chi connectivity index (χ4n) is 4.86. The summed E-state index contributed by atoms with van der Waals surface area (Å²) < 4.78 is 29.2. The maximum Gasteiger partial charge on any atom is 0.245 e. The van der Waals surface area contributed by atoms with Crippen molar-refractivity contribution in [3.05, 3.63) is 47.5 Å². The van der Waals surface area contributed by atoms with Gasteiger partial charge in [0, 0.05) is 23.7 Å². The molecule has 1 unspecified atom stereocenters. The van der Waals surface area contributed by atoms with Crippen molar-refractivity contribution in [1.82, 2.24) is 0 Å². The SMILES string of the molecule is O=C1N(C[C@@H]2COCCO2)c2ccccc2C12COc1cc3c(cc12)OCCCO3. The van der Waals surface area contributed by atoms with Crippen LogP contribution >= 0.6 is 0 Å². The lowest BCUT2D eigenvalue weighted by Crippen LogP contribution is -2.47. The number of hydrogen-bond acceptors (Lipinski definition) is 6. The number of ether oxygens (including phenoxy) is 5. The van der Waals surface area contributed by atoms with Crippen molar-refractivity contribution in [2.45, 2.75) is 17.9 Å². The van der Waals surface area contributed by atoms with Gasteiger partial charge in [-0.05, 0) is 17.7 Å². The monoisotopic (exact) mass is 409 g/mol. The summed E-state index contributed by atoms with van der Waals surface area (Å²) in [4.78, 5) is 15.8. The molecule has 4 aliphatic rings. The molecular weight excluding hydrogens is 386 g/mol. The topological polar surface area (TPSA) is 66.5 Å². The van der Waals surface area contributed by atoms with E-state index >= 15 is 0 Å². The van der Waals surface area contributed by atoms with Crippen molar-refractivity contribution >= 4 is 11.6 Å². The lowest BCUT2D eigenvalue weighted by atomic mass is 9.77. The van der Waals surface area contributed by atoms with Crippen LogP contribution in [0.5, 0.6) is 17.2 Å². The minimum absolute atomic E-state index is 0.00566. The second kappa shape index (κ2) is 6.89. The summed E-state index contributed by atoms with van der Waals surface area (Å²) in [5, 5.41) is 0. The highest BCUT2D eigenvalue weighted by Gasteiger charge is 2.57. The fourth-order valence-corrected chi connectivity index (χ4v) is 4.86. The zero-order valence-corrected chi connectivity index (χ0v) is 16.6. The van der Waals surface area contributed by atoms with Crippen LogP contribution in [0.15, 0.2) is 36.4 Å². The van der Waals surface area contributed by atoms with E-state index in [2.05, 4.69) is 0 Å². The number of carbonyl (C=O) groups is 1. The Morgan fingerprint density at radius 1 is 0.933 bits per heavy atom. The summed E-state index contributed by atoms with van der Waals surface area (Å²) >= 11 is 0. The molecule has 4 heterocycles. The Bertz CT molecular complexity index is 1000. The van der Waals surface area contributed by atoms with E-state index in [4.69, 9.17) is 23.7 Å². The molecular formula is C23H23NO6. The Kier molecular flexibility index (Phi) is 4.14. The molecule has 2 aromatic rings. The standard InChI is InChI=1S/C23H23NO6/c25-22-23(14-30-19-11-21-20(10-17(19)23)28-6-3-7-29-21)16-4-1-2-5-18(16)24(22)12-15-13-26-8-9-27-15/h1-2,4-5,10-11,15H,3,6-9,12-14H2/t15-,23?/m1/s1. The van der Waals surface area contributed by atoms with Crippen molar-refractivity contribution in [1.29, 1.82) is 0 Å². The van der Waals surface area contributed by atoms with Gasteiger partial charge in [0.1, 0.15) is 17.8 Å². The van der Waals surface area contributed by atoms with E-state index in [1.54, 1.807) is 0 Å². The van der Waals surface area contributed by atoms with Gasteiger partial charge in [-0.15, -0.1) is 0 Å². The third-order valence-corrected chi connectivity index (χ3v) is 6.29. The van der Waals surface area contributed by atoms with Crippen LogP contribution in [0.1, 0.15) is 17.5 Å². The highest BCUT2D eigenvalue weighted by molar-refractivity contribution is 6.11. The van der Waals surface area contributed by atoms with E-state index in [0.717, 1.165) is 23.2 Å². The first kappa shape index (κ1) is 18.0. The molecule has 7 nitrogen and oxygen atoms in total. The first-order valence-corrected chi connectivity index (χ1v) is 10.4. The molecule has 30 heavy (non-hydrogen) atoms. The van der Waals surface area contributed by atoms with Crippen molar-refractivity contribution in [3.63, 3.8) is 0 Å². The van der Waals surface area contributed by atoms with Crippen LogP contribution in [-0.4, -0.2) is 58.2 Å². The number of hydrogen-bond donors (Lipinski definition) is 0. The van der Waals surface area contributed by atoms with Gasteiger partial charge in [0.15, 0.2) is 11.5 Å². The van der Waals surface area contributed by atoms with Gasteiger partial charge in [-0.25, -0.2) is 0 Å². The van der Waals surface area contributed by atoms with Crippen LogP contribution in [0.4, 0.5) is 5.69 Å². The number of carbonyl (C=O) groups excluding carboxylic acids is 1. The molecule has 2 aromatic carbocycles. The van der Waals surface area contributed by atoms with Crippen LogP contribution in [0, 0.1) is 0 Å². The van der Waals surface area contributed by atoms with Gasteiger partial charge in [0.05, 0.1) is 45.7 Å². The average molecular weight is 409 g/mol. The number of para-hydroxylation sites is 1. The molecule has 0 aliphatic carbocycles. The van der Waals surface area contributed by atoms with E-state index < -0.39 is 5.41 Å². The van der Waals surface area contributed by atoms with Crippen molar-refractivity contribution in [3.8, 4) is 17.2 Å². The predicted molar refractivity (Wildman–Crippen MR) is 108 cm³/mol. The molecule has 0 N–H and O–H groups in total. The van der Waals surface area contributed by atoms with Crippen LogP contribution in [0.2, 0.25) is 0 Å². The lowest BCUT2D eigenvalue weighted by Gasteiger charge is -2.29. The molecule has 1 amide bonds. The lowest BCUT2D eigenvalue weighted by molar-refractivity contribution is -0.123. The Morgan fingerprint density at radius 3 is 2.60 bits per heavy atom. The Balaban J connectivity index is 1.44. The first-order valence-electron chi connectivity index (χ1n) is 10.4. The zero-order chi connectivity index (χ0) is 20.1. The first-order chi connectivity index (χ1) is 14.8. The number of anilines is 1. The van der Waals surface area contributed by atoms with Crippen molar-refractivity contribution in [2.24, 2.45) is 0 Å². The molecule has 0 bridgehead atoms. The second-order valence-electron chi connectivity index (χ2n) is 8.04. The number of amides is 1. The average Bonchev–Trinajstić information content (AvgIpc) is 3.14. The summed E-state index contributed by atoms with van der Waals surface area (Å²) in [6.07, 6.45) is 0.682. The fraction of sp³-hybridized carbons (Fsp3) is 0.435. The van der Waals surface area contributed by atoms with E-state index in [9.17, 15) is 4.79 Å². The third-order valence-electron chi connectivity index (χ3n) is 6.29. The number of fused-ring (bicyclic) bond motifs is 5. The molecule has 0 radical (unpaired) electrons. The zero-order valence-electron chi connectivity index (χ0n) is 16.6. The van der Waals surface area contributed by atoms with E-state index in [0.29, 0.717) is 56.8 Å². The number of benzene rings is 2.